The van der Waals surface area contributed by atoms with Crippen LogP contribution in [0.1, 0.15) is 27.0 Å². The molecule has 1 saturated heterocycles. The number of benzene rings is 3. The summed E-state index contributed by atoms with van der Waals surface area (Å²) in [6.07, 6.45) is 1.56. The van der Waals surface area contributed by atoms with E-state index in [0.717, 1.165) is 27.8 Å². The summed E-state index contributed by atoms with van der Waals surface area (Å²) in [4.78, 5) is 49.8. The fourth-order valence-electron chi connectivity index (χ4n) is 3.57. The Morgan fingerprint density at radius 2 is 1.71 bits per heavy atom. The number of rotatable bonds is 9. The zero-order valence-electron chi connectivity index (χ0n) is 20.6. The van der Waals surface area contributed by atoms with Gasteiger partial charge in [0.25, 0.3) is 11.1 Å². The van der Waals surface area contributed by atoms with Gasteiger partial charge in [0.1, 0.15) is 13.2 Å². The maximum Gasteiger partial charge on any atom is 0.335 e. The van der Waals surface area contributed by atoms with Gasteiger partial charge in [0.05, 0.1) is 17.6 Å². The van der Waals surface area contributed by atoms with E-state index in [1.54, 1.807) is 48.5 Å². The number of amides is 3. The van der Waals surface area contributed by atoms with E-state index in [9.17, 15) is 19.2 Å². The molecule has 1 aliphatic heterocycles. The highest BCUT2D eigenvalue weighted by molar-refractivity contribution is 8.18. The summed E-state index contributed by atoms with van der Waals surface area (Å²) in [6, 6.07) is 18.6. The number of carboxylic acids is 1. The number of hydrogen-bond donors (Lipinski definition) is 2. The van der Waals surface area contributed by atoms with Crippen molar-refractivity contribution >= 4 is 46.5 Å². The van der Waals surface area contributed by atoms with Crippen LogP contribution >= 0.6 is 11.8 Å². The second kappa shape index (κ2) is 11.7. The minimum atomic E-state index is -1.00. The van der Waals surface area contributed by atoms with Gasteiger partial charge in [0.2, 0.25) is 5.91 Å². The molecule has 1 fully saturated rings. The predicted molar refractivity (Wildman–Crippen MR) is 143 cm³/mol. The lowest BCUT2D eigenvalue weighted by Crippen LogP contribution is -2.36. The fourth-order valence-corrected chi connectivity index (χ4v) is 4.40. The molecule has 1 aliphatic rings. The maximum atomic E-state index is 12.8. The van der Waals surface area contributed by atoms with Gasteiger partial charge in [-0.15, -0.1) is 0 Å². The molecule has 0 aliphatic carbocycles. The molecular formula is C28H24N2O7S. The lowest BCUT2D eigenvalue weighted by atomic mass is 10.1. The van der Waals surface area contributed by atoms with E-state index < -0.39 is 23.0 Å². The van der Waals surface area contributed by atoms with Crippen LogP contribution in [0.4, 0.5) is 10.5 Å². The number of carbonyl (C=O) groups excluding carboxylic acids is 3. The highest BCUT2D eigenvalue weighted by atomic mass is 32.2. The summed E-state index contributed by atoms with van der Waals surface area (Å²) in [5, 5.41) is 11.2. The number of anilines is 1. The average molecular weight is 533 g/mol. The highest BCUT2D eigenvalue weighted by Crippen LogP contribution is 2.34. The van der Waals surface area contributed by atoms with Crippen molar-refractivity contribution in [1.29, 1.82) is 0 Å². The molecule has 3 aromatic rings. The lowest BCUT2D eigenvalue weighted by Gasteiger charge is -2.13. The highest BCUT2D eigenvalue weighted by Gasteiger charge is 2.36. The number of imide groups is 1. The van der Waals surface area contributed by atoms with Crippen molar-refractivity contribution in [3.63, 3.8) is 0 Å². The van der Waals surface area contributed by atoms with Crippen LogP contribution in [0.5, 0.6) is 11.5 Å². The topological polar surface area (TPSA) is 122 Å². The van der Waals surface area contributed by atoms with Gasteiger partial charge in [-0.3, -0.25) is 19.3 Å². The summed E-state index contributed by atoms with van der Waals surface area (Å²) in [7, 11) is 1.48. The van der Waals surface area contributed by atoms with Crippen LogP contribution < -0.4 is 14.8 Å². The second-order valence-corrected chi connectivity index (χ2v) is 9.38. The molecule has 10 heteroatoms. The van der Waals surface area contributed by atoms with Gasteiger partial charge < -0.3 is 19.9 Å². The molecule has 0 aromatic heterocycles. The standard InChI is InChI=1S/C28H24N2O7S/c1-17-3-10-21(11-4-17)29-25(31)15-30-26(32)24(38-28(30)35)14-19-7-12-22(23(13-19)36-2)37-16-18-5-8-20(9-6-18)27(33)34/h3-14H,15-16H2,1-2H3,(H,29,31)(H,33,34)/b24-14-. The van der Waals surface area contributed by atoms with Gasteiger partial charge >= 0.3 is 5.97 Å². The van der Waals surface area contributed by atoms with E-state index >= 15 is 0 Å². The van der Waals surface area contributed by atoms with E-state index in [2.05, 4.69) is 5.32 Å². The van der Waals surface area contributed by atoms with Gasteiger partial charge in [-0.2, -0.15) is 0 Å². The van der Waals surface area contributed by atoms with Crippen molar-refractivity contribution in [2.24, 2.45) is 0 Å². The third-order valence-corrected chi connectivity index (χ3v) is 6.50. The average Bonchev–Trinajstić information content (AvgIpc) is 3.16. The molecule has 3 aromatic carbocycles. The molecule has 2 N–H and O–H groups in total. The van der Waals surface area contributed by atoms with Crippen LogP contribution in [0.15, 0.2) is 71.6 Å². The first-order valence-electron chi connectivity index (χ1n) is 11.5. The molecule has 4 rings (SSSR count). The van der Waals surface area contributed by atoms with Crippen molar-refractivity contribution in [2.45, 2.75) is 13.5 Å². The molecule has 0 radical (unpaired) electrons. The van der Waals surface area contributed by atoms with Gasteiger partial charge in [-0.25, -0.2) is 4.79 Å². The molecule has 3 amide bonds. The Kier molecular flexibility index (Phi) is 8.12. The Hall–Kier alpha value is -4.57. The Morgan fingerprint density at radius 3 is 2.37 bits per heavy atom. The van der Waals surface area contributed by atoms with Gasteiger partial charge in [-0.1, -0.05) is 35.9 Å². The SMILES string of the molecule is COc1cc(/C=C2\SC(=O)N(CC(=O)Nc3ccc(C)cc3)C2=O)ccc1OCc1ccc(C(=O)O)cc1. The number of carboxylic acid groups (broad SMARTS) is 1. The number of nitrogens with one attached hydrogen (secondary N) is 1. The number of nitrogens with zero attached hydrogens (tertiary/aromatic N) is 1. The fraction of sp³-hybridized carbons (Fsp3) is 0.143. The number of hydrogen-bond acceptors (Lipinski definition) is 7. The first-order valence-corrected chi connectivity index (χ1v) is 12.3. The number of methoxy groups -OCH3 is 1. The third-order valence-electron chi connectivity index (χ3n) is 5.59. The molecule has 9 nitrogen and oxygen atoms in total. The molecule has 0 spiro atoms. The molecule has 38 heavy (non-hydrogen) atoms. The van der Waals surface area contributed by atoms with Crippen LogP contribution in [-0.4, -0.2) is 46.7 Å². The van der Waals surface area contributed by atoms with Crippen LogP contribution in [-0.2, 0) is 16.2 Å². The molecule has 1 heterocycles. The van der Waals surface area contributed by atoms with Crippen LogP contribution in [0.3, 0.4) is 0 Å². The van der Waals surface area contributed by atoms with E-state index in [0.29, 0.717) is 22.7 Å². The van der Waals surface area contributed by atoms with E-state index in [1.807, 2.05) is 19.1 Å². The normalized spacial score (nSPS) is 14.1. The number of ether oxygens (including phenoxy) is 2. The Balaban J connectivity index is 1.41. The maximum absolute atomic E-state index is 12.8. The predicted octanol–water partition coefficient (Wildman–Crippen LogP) is 4.96. The minimum absolute atomic E-state index is 0.187. The van der Waals surface area contributed by atoms with Crippen molar-refractivity contribution in [3.05, 3.63) is 93.9 Å². The third kappa shape index (κ3) is 6.40. The Morgan fingerprint density at radius 1 is 1.00 bits per heavy atom. The van der Waals surface area contributed by atoms with Crippen molar-refractivity contribution in [3.8, 4) is 11.5 Å². The minimum Gasteiger partial charge on any atom is -0.493 e. The molecule has 0 bridgehead atoms. The largest absolute Gasteiger partial charge is 0.493 e. The first-order chi connectivity index (χ1) is 18.2. The lowest BCUT2D eigenvalue weighted by molar-refractivity contribution is -0.127. The van der Waals surface area contributed by atoms with Crippen molar-refractivity contribution in [2.75, 3.05) is 19.0 Å². The second-order valence-electron chi connectivity index (χ2n) is 8.38. The van der Waals surface area contributed by atoms with Crippen molar-refractivity contribution in [1.82, 2.24) is 4.90 Å². The molecule has 0 atom stereocenters. The zero-order chi connectivity index (χ0) is 27.2. The van der Waals surface area contributed by atoms with Crippen LogP contribution in [0, 0.1) is 6.92 Å². The Labute approximate surface area is 223 Å². The quantitative estimate of drug-likeness (QED) is 0.371. The summed E-state index contributed by atoms with van der Waals surface area (Å²) in [5.74, 6) is -1.16. The zero-order valence-corrected chi connectivity index (χ0v) is 21.4. The number of thioether (sulfide) groups is 1. The smallest absolute Gasteiger partial charge is 0.335 e. The monoisotopic (exact) mass is 532 g/mol. The Bertz CT molecular complexity index is 1420. The van der Waals surface area contributed by atoms with Gasteiger partial charge in [0, 0.05) is 5.69 Å². The summed E-state index contributed by atoms with van der Waals surface area (Å²) >= 11 is 0.760. The summed E-state index contributed by atoms with van der Waals surface area (Å²) in [5.41, 5.74) is 3.19. The van der Waals surface area contributed by atoms with E-state index in [-0.39, 0.29) is 23.6 Å². The molecule has 0 unspecified atom stereocenters. The number of aryl methyl sites for hydroxylation is 1. The van der Waals surface area contributed by atoms with Crippen molar-refractivity contribution < 1.29 is 33.8 Å². The van der Waals surface area contributed by atoms with Gasteiger partial charge in [-0.05, 0) is 72.3 Å². The first kappa shape index (κ1) is 26.5. The molecule has 194 valence electrons. The summed E-state index contributed by atoms with van der Waals surface area (Å²) in [6.45, 7) is 1.73. The number of aromatic carboxylic acids is 1. The molecule has 0 saturated carbocycles. The molecular weight excluding hydrogens is 508 g/mol. The van der Waals surface area contributed by atoms with Crippen LogP contribution in [0.25, 0.3) is 6.08 Å². The van der Waals surface area contributed by atoms with Crippen LogP contribution in [0.2, 0.25) is 0 Å². The number of carbonyl (C=O) groups is 4. The van der Waals surface area contributed by atoms with Gasteiger partial charge in [0.15, 0.2) is 11.5 Å². The van der Waals surface area contributed by atoms with E-state index in [1.165, 1.54) is 19.2 Å². The van der Waals surface area contributed by atoms with E-state index in [4.69, 9.17) is 14.6 Å². The summed E-state index contributed by atoms with van der Waals surface area (Å²) < 4.78 is 11.2.